The van der Waals surface area contributed by atoms with Crippen LogP contribution in [-0.4, -0.2) is 41.8 Å². The van der Waals surface area contributed by atoms with Gasteiger partial charge in [0.25, 0.3) is 11.6 Å². The molecule has 10 nitrogen and oxygen atoms in total. The first-order valence-electron chi connectivity index (χ1n) is 10.5. The van der Waals surface area contributed by atoms with E-state index in [-0.39, 0.29) is 12.3 Å². The number of nitro benzene ring substituents is 1. The van der Waals surface area contributed by atoms with Crippen molar-refractivity contribution in [1.82, 2.24) is 4.98 Å². The number of ether oxygens (including phenoxy) is 3. The monoisotopic (exact) mass is 490 g/mol. The quantitative estimate of drug-likeness (QED) is 0.223. The van der Waals surface area contributed by atoms with Crippen LogP contribution in [0.1, 0.15) is 5.56 Å². The summed E-state index contributed by atoms with van der Waals surface area (Å²) in [6, 6.07) is 18.3. The predicted molar refractivity (Wildman–Crippen MR) is 131 cm³/mol. The fourth-order valence-corrected chi connectivity index (χ4v) is 4.35. The highest BCUT2D eigenvalue weighted by atomic mass is 32.1. The first-order chi connectivity index (χ1) is 17.0. The molecular formula is C24H18N4O6S. The lowest BCUT2D eigenvalue weighted by Gasteiger charge is -2.27. The topological polar surface area (TPSA) is 116 Å². The minimum atomic E-state index is -0.944. The zero-order valence-corrected chi connectivity index (χ0v) is 19.2. The summed E-state index contributed by atoms with van der Waals surface area (Å²) < 4.78 is 17.7. The van der Waals surface area contributed by atoms with Gasteiger partial charge in [-0.15, -0.1) is 0 Å². The van der Waals surface area contributed by atoms with Crippen molar-refractivity contribution in [2.45, 2.75) is 6.10 Å². The lowest BCUT2D eigenvalue weighted by molar-refractivity contribution is -0.384. The van der Waals surface area contributed by atoms with E-state index in [1.807, 2.05) is 12.1 Å². The molecule has 2 heterocycles. The van der Waals surface area contributed by atoms with Crippen molar-refractivity contribution < 1.29 is 23.9 Å². The molecule has 5 rings (SSSR count). The number of rotatable bonds is 6. The van der Waals surface area contributed by atoms with E-state index in [2.05, 4.69) is 10.1 Å². The average Bonchev–Trinajstić information content (AvgIpc) is 3.31. The number of aromatic nitrogens is 1. The minimum absolute atomic E-state index is 0.0120. The fourth-order valence-electron chi connectivity index (χ4n) is 3.40. The van der Waals surface area contributed by atoms with Gasteiger partial charge in [0.1, 0.15) is 12.4 Å². The van der Waals surface area contributed by atoms with E-state index in [4.69, 9.17) is 14.2 Å². The van der Waals surface area contributed by atoms with Gasteiger partial charge in [0.15, 0.2) is 11.5 Å². The number of hydrogen-bond acceptors (Lipinski definition) is 9. The number of methoxy groups -OCH3 is 1. The van der Waals surface area contributed by atoms with Crippen LogP contribution in [0.4, 0.5) is 10.8 Å². The van der Waals surface area contributed by atoms with Crippen molar-refractivity contribution in [3.8, 4) is 17.2 Å². The number of anilines is 1. The Hall–Kier alpha value is -4.51. The Morgan fingerprint density at radius 1 is 1.20 bits per heavy atom. The summed E-state index contributed by atoms with van der Waals surface area (Å²) in [5.74, 6) is 1.22. The molecule has 11 heteroatoms. The SMILES string of the molecule is COc1ccc2nc(N(/N=C/c3ccc([N+](=O)[O-])cc3)C(=O)C3COc4ccccc4O3)sc2c1. The molecule has 0 fully saturated rings. The van der Waals surface area contributed by atoms with Gasteiger partial charge in [0.2, 0.25) is 11.2 Å². The highest BCUT2D eigenvalue weighted by molar-refractivity contribution is 7.22. The lowest BCUT2D eigenvalue weighted by Crippen LogP contribution is -2.44. The van der Waals surface area contributed by atoms with Gasteiger partial charge in [0, 0.05) is 12.1 Å². The first-order valence-corrected chi connectivity index (χ1v) is 11.3. The van der Waals surface area contributed by atoms with E-state index in [1.54, 1.807) is 49.6 Å². The van der Waals surface area contributed by atoms with Crippen LogP contribution in [-0.2, 0) is 4.79 Å². The van der Waals surface area contributed by atoms with Crippen molar-refractivity contribution in [3.05, 3.63) is 82.4 Å². The van der Waals surface area contributed by atoms with Crippen LogP contribution < -0.4 is 19.2 Å². The number of nitro groups is 1. The molecule has 1 unspecified atom stereocenters. The molecule has 1 aliphatic rings. The average molecular weight is 490 g/mol. The van der Waals surface area contributed by atoms with Gasteiger partial charge >= 0.3 is 0 Å². The molecule has 0 bridgehead atoms. The maximum Gasteiger partial charge on any atom is 0.294 e. The largest absolute Gasteiger partial charge is 0.497 e. The van der Waals surface area contributed by atoms with Crippen molar-refractivity contribution in [2.24, 2.45) is 5.10 Å². The van der Waals surface area contributed by atoms with E-state index in [0.29, 0.717) is 33.5 Å². The number of fused-ring (bicyclic) bond motifs is 2. The van der Waals surface area contributed by atoms with Crippen LogP contribution >= 0.6 is 11.3 Å². The molecule has 1 aliphatic heterocycles. The molecule has 0 saturated heterocycles. The van der Waals surface area contributed by atoms with Crippen molar-refractivity contribution in [2.75, 3.05) is 18.7 Å². The molecular weight excluding hydrogens is 472 g/mol. The second-order valence-electron chi connectivity index (χ2n) is 7.44. The summed E-state index contributed by atoms with van der Waals surface area (Å²) in [5, 5.41) is 16.8. The Labute approximate surface area is 203 Å². The summed E-state index contributed by atoms with van der Waals surface area (Å²) in [6.45, 7) is 0.0120. The van der Waals surface area contributed by atoms with Crippen LogP contribution in [0.25, 0.3) is 10.2 Å². The van der Waals surface area contributed by atoms with E-state index >= 15 is 0 Å². The highest BCUT2D eigenvalue weighted by Gasteiger charge is 2.33. The number of benzene rings is 3. The number of nitrogens with zero attached hydrogens (tertiary/aromatic N) is 4. The number of hydrogen-bond donors (Lipinski definition) is 0. The van der Waals surface area contributed by atoms with Crippen LogP contribution in [0.5, 0.6) is 17.2 Å². The van der Waals surface area contributed by atoms with E-state index in [9.17, 15) is 14.9 Å². The molecule has 35 heavy (non-hydrogen) atoms. The number of hydrazone groups is 1. The molecule has 3 aromatic carbocycles. The molecule has 0 spiro atoms. The maximum atomic E-state index is 13.5. The molecule has 0 aliphatic carbocycles. The maximum absolute atomic E-state index is 13.5. The third-order valence-electron chi connectivity index (χ3n) is 5.18. The fraction of sp³-hybridized carbons (Fsp3) is 0.125. The zero-order valence-electron chi connectivity index (χ0n) is 18.4. The Balaban J connectivity index is 1.48. The van der Waals surface area contributed by atoms with Crippen molar-refractivity contribution in [1.29, 1.82) is 0 Å². The van der Waals surface area contributed by atoms with E-state index < -0.39 is 16.9 Å². The number of carbonyl (C=O) groups excluding carboxylic acids is 1. The number of amides is 1. The van der Waals surface area contributed by atoms with Crippen LogP contribution in [0.15, 0.2) is 71.8 Å². The van der Waals surface area contributed by atoms with Crippen molar-refractivity contribution >= 4 is 44.5 Å². The third kappa shape index (κ3) is 4.62. The van der Waals surface area contributed by atoms with E-state index in [0.717, 1.165) is 4.70 Å². The Morgan fingerprint density at radius 2 is 1.97 bits per heavy atom. The number of thiazole rings is 1. The normalized spacial score (nSPS) is 14.7. The summed E-state index contributed by atoms with van der Waals surface area (Å²) >= 11 is 1.27. The molecule has 4 aromatic rings. The smallest absolute Gasteiger partial charge is 0.294 e. The third-order valence-corrected chi connectivity index (χ3v) is 6.18. The van der Waals surface area contributed by atoms with Gasteiger partial charge < -0.3 is 14.2 Å². The molecule has 0 radical (unpaired) electrons. The zero-order chi connectivity index (χ0) is 24.4. The van der Waals surface area contributed by atoms with Gasteiger partial charge in [-0.1, -0.05) is 23.5 Å². The van der Waals surface area contributed by atoms with Crippen LogP contribution in [0.2, 0.25) is 0 Å². The van der Waals surface area contributed by atoms with Crippen LogP contribution in [0, 0.1) is 10.1 Å². The second kappa shape index (κ2) is 9.39. The molecule has 0 N–H and O–H groups in total. The highest BCUT2D eigenvalue weighted by Crippen LogP contribution is 2.34. The van der Waals surface area contributed by atoms with Crippen LogP contribution in [0.3, 0.4) is 0 Å². The Morgan fingerprint density at radius 3 is 2.71 bits per heavy atom. The Bertz CT molecular complexity index is 1440. The predicted octanol–water partition coefficient (Wildman–Crippen LogP) is 4.42. The lowest BCUT2D eigenvalue weighted by atomic mass is 10.2. The number of carbonyl (C=O) groups is 1. The van der Waals surface area contributed by atoms with Crippen molar-refractivity contribution in [3.63, 3.8) is 0 Å². The van der Waals surface area contributed by atoms with Gasteiger partial charge in [-0.3, -0.25) is 14.9 Å². The van der Waals surface area contributed by atoms with Gasteiger partial charge in [-0.05, 0) is 48.0 Å². The summed E-state index contributed by atoms with van der Waals surface area (Å²) in [7, 11) is 1.58. The molecule has 0 saturated carbocycles. The summed E-state index contributed by atoms with van der Waals surface area (Å²) in [4.78, 5) is 28.5. The first kappa shape index (κ1) is 22.3. The summed E-state index contributed by atoms with van der Waals surface area (Å²) in [5.41, 5.74) is 1.21. The minimum Gasteiger partial charge on any atom is -0.497 e. The van der Waals surface area contributed by atoms with Gasteiger partial charge in [0.05, 0.1) is 28.5 Å². The second-order valence-corrected chi connectivity index (χ2v) is 8.45. The van der Waals surface area contributed by atoms with Gasteiger partial charge in [-0.25, -0.2) is 4.98 Å². The molecule has 1 amide bonds. The number of para-hydroxylation sites is 2. The number of non-ortho nitro benzene ring substituents is 1. The molecule has 176 valence electrons. The van der Waals surface area contributed by atoms with Gasteiger partial charge in [-0.2, -0.15) is 10.1 Å². The molecule has 1 atom stereocenters. The standard InChI is InChI=1S/C24H18N4O6S/c1-32-17-10-11-18-22(12-17)35-24(26-18)27(25-13-15-6-8-16(9-7-15)28(30)31)23(29)21-14-33-19-4-2-3-5-20(19)34-21/h2-13,21H,14H2,1H3/b25-13+. The molecule has 1 aromatic heterocycles. The summed E-state index contributed by atoms with van der Waals surface area (Å²) in [6.07, 6.45) is 0.492. The Kier molecular flexibility index (Phi) is 5.98. The van der Waals surface area contributed by atoms with E-state index in [1.165, 1.54) is 34.7 Å².